The van der Waals surface area contributed by atoms with Gasteiger partial charge in [0.05, 0.1) is 11.8 Å². The van der Waals surface area contributed by atoms with Gasteiger partial charge in [-0.15, -0.1) is 0 Å². The van der Waals surface area contributed by atoms with Crippen molar-refractivity contribution < 1.29 is 18.7 Å². The molecule has 2 aromatic heterocycles. The van der Waals surface area contributed by atoms with Gasteiger partial charge in [-0.3, -0.25) is 4.79 Å². The standard InChI is InChI=1S/C18H12O4S/c1-23-18-15(16(20)14-7-4-8-21-14)12-9-13(19)10-5-2-3-6-11(10)17(12)22-18/h2-9,19H,1H3. The molecule has 4 rings (SSSR count). The summed E-state index contributed by atoms with van der Waals surface area (Å²) >= 11 is 1.35. The van der Waals surface area contributed by atoms with Crippen LogP contribution in [0.25, 0.3) is 21.7 Å². The van der Waals surface area contributed by atoms with Crippen LogP contribution >= 0.6 is 11.8 Å². The third-order valence-corrected chi connectivity index (χ3v) is 4.46. The molecular weight excluding hydrogens is 312 g/mol. The largest absolute Gasteiger partial charge is 0.507 e. The number of hydrogen-bond acceptors (Lipinski definition) is 5. The zero-order valence-corrected chi connectivity index (χ0v) is 13.0. The van der Waals surface area contributed by atoms with E-state index in [0.717, 1.165) is 5.39 Å². The van der Waals surface area contributed by atoms with Crippen molar-refractivity contribution in [3.8, 4) is 5.75 Å². The van der Waals surface area contributed by atoms with Crippen LogP contribution in [0, 0.1) is 0 Å². The van der Waals surface area contributed by atoms with Gasteiger partial charge in [-0.25, -0.2) is 0 Å². The van der Waals surface area contributed by atoms with Crippen LogP contribution in [0.4, 0.5) is 0 Å². The maximum absolute atomic E-state index is 12.8. The van der Waals surface area contributed by atoms with E-state index in [9.17, 15) is 9.90 Å². The number of benzene rings is 2. The van der Waals surface area contributed by atoms with E-state index in [1.165, 1.54) is 18.0 Å². The van der Waals surface area contributed by atoms with Crippen molar-refractivity contribution in [2.24, 2.45) is 0 Å². The molecule has 0 aliphatic rings. The topological polar surface area (TPSA) is 63.6 Å². The molecule has 0 amide bonds. The second-order valence-corrected chi connectivity index (χ2v) is 5.87. The number of phenols is 1. The summed E-state index contributed by atoms with van der Waals surface area (Å²) in [5, 5.41) is 12.9. The number of rotatable bonds is 3. The molecule has 114 valence electrons. The highest BCUT2D eigenvalue weighted by molar-refractivity contribution is 7.98. The third-order valence-electron chi connectivity index (χ3n) is 3.80. The van der Waals surface area contributed by atoms with Gasteiger partial charge in [0.25, 0.3) is 0 Å². The summed E-state index contributed by atoms with van der Waals surface area (Å²) in [5.74, 6) is 0.110. The number of carbonyl (C=O) groups excluding carboxylic acids is 1. The highest BCUT2D eigenvalue weighted by Gasteiger charge is 2.25. The summed E-state index contributed by atoms with van der Waals surface area (Å²) in [5.41, 5.74) is 1.01. The van der Waals surface area contributed by atoms with Crippen molar-refractivity contribution in [1.82, 2.24) is 0 Å². The van der Waals surface area contributed by atoms with E-state index in [4.69, 9.17) is 8.83 Å². The smallest absolute Gasteiger partial charge is 0.233 e. The predicted octanol–water partition coefficient (Wildman–Crippen LogP) is 4.84. The number of ketones is 1. The Bertz CT molecular complexity index is 1030. The van der Waals surface area contributed by atoms with Crippen LogP contribution in [0.3, 0.4) is 0 Å². The van der Waals surface area contributed by atoms with E-state index in [2.05, 4.69) is 0 Å². The first kappa shape index (κ1) is 14.0. The molecule has 4 nitrogen and oxygen atoms in total. The Balaban J connectivity index is 2.09. The second-order valence-electron chi connectivity index (χ2n) is 5.09. The molecule has 0 spiro atoms. The van der Waals surface area contributed by atoms with E-state index in [1.807, 2.05) is 30.5 Å². The van der Waals surface area contributed by atoms with Gasteiger partial charge in [0, 0.05) is 16.2 Å². The quantitative estimate of drug-likeness (QED) is 0.431. The minimum atomic E-state index is -0.257. The summed E-state index contributed by atoms with van der Waals surface area (Å²) in [7, 11) is 0. The summed E-state index contributed by atoms with van der Waals surface area (Å²) in [6, 6.07) is 12.3. The molecule has 0 atom stereocenters. The fourth-order valence-corrected chi connectivity index (χ4v) is 3.34. The average Bonchev–Trinajstić information content (AvgIpc) is 3.22. The highest BCUT2D eigenvalue weighted by atomic mass is 32.2. The van der Waals surface area contributed by atoms with Crippen molar-refractivity contribution in [1.29, 1.82) is 0 Å². The van der Waals surface area contributed by atoms with Gasteiger partial charge in [-0.1, -0.05) is 36.0 Å². The Morgan fingerprint density at radius 2 is 1.87 bits per heavy atom. The molecule has 23 heavy (non-hydrogen) atoms. The molecule has 2 heterocycles. The SMILES string of the molecule is CSc1oc2c(cc(O)c3ccccc32)c1C(=O)c1ccco1. The first-order valence-corrected chi connectivity index (χ1v) is 8.22. The number of furan rings is 2. The van der Waals surface area contributed by atoms with Crippen LogP contribution in [0.5, 0.6) is 5.75 Å². The predicted molar refractivity (Wildman–Crippen MR) is 89.3 cm³/mol. The number of phenolic OH excluding ortho intramolecular Hbond substituents is 1. The molecule has 0 aliphatic carbocycles. The Hall–Kier alpha value is -2.66. The number of carbonyl (C=O) groups is 1. The van der Waals surface area contributed by atoms with Gasteiger partial charge in [0.15, 0.2) is 10.9 Å². The first-order chi connectivity index (χ1) is 11.2. The molecule has 0 saturated heterocycles. The lowest BCUT2D eigenvalue weighted by Crippen LogP contribution is -2.00. The molecule has 0 saturated carbocycles. The lowest BCUT2D eigenvalue weighted by Gasteiger charge is -2.02. The van der Waals surface area contributed by atoms with E-state index >= 15 is 0 Å². The van der Waals surface area contributed by atoms with E-state index < -0.39 is 0 Å². The van der Waals surface area contributed by atoms with Gasteiger partial charge < -0.3 is 13.9 Å². The molecule has 0 fully saturated rings. The molecule has 1 N–H and O–H groups in total. The van der Waals surface area contributed by atoms with Gasteiger partial charge in [-0.05, 0) is 24.5 Å². The minimum absolute atomic E-state index is 0.120. The molecule has 0 unspecified atom stereocenters. The second kappa shape index (κ2) is 5.21. The van der Waals surface area contributed by atoms with Gasteiger partial charge in [-0.2, -0.15) is 0 Å². The summed E-state index contributed by atoms with van der Waals surface area (Å²) < 4.78 is 11.1. The van der Waals surface area contributed by atoms with Crippen molar-refractivity contribution in [2.75, 3.05) is 6.26 Å². The summed E-state index contributed by atoms with van der Waals surface area (Å²) in [4.78, 5) is 12.8. The molecule has 4 aromatic rings. The van der Waals surface area contributed by atoms with Gasteiger partial charge in [0.2, 0.25) is 5.78 Å². The molecule has 0 radical (unpaired) electrons. The summed E-state index contributed by atoms with van der Waals surface area (Å²) in [6.07, 6.45) is 3.31. The Kier molecular flexibility index (Phi) is 3.16. The first-order valence-electron chi connectivity index (χ1n) is 7.00. The molecular formula is C18H12O4S. The van der Waals surface area contributed by atoms with Crippen LogP contribution in [-0.2, 0) is 0 Å². The lowest BCUT2D eigenvalue weighted by molar-refractivity contribution is 0.101. The van der Waals surface area contributed by atoms with Crippen molar-refractivity contribution in [2.45, 2.75) is 5.09 Å². The average molecular weight is 324 g/mol. The molecule has 0 bridgehead atoms. The van der Waals surface area contributed by atoms with Crippen molar-refractivity contribution >= 4 is 39.3 Å². The van der Waals surface area contributed by atoms with E-state index in [-0.39, 0.29) is 17.3 Å². The number of thioether (sulfide) groups is 1. The zero-order chi connectivity index (χ0) is 16.0. The minimum Gasteiger partial charge on any atom is -0.507 e. The molecule has 2 aromatic carbocycles. The van der Waals surface area contributed by atoms with E-state index in [0.29, 0.717) is 27.0 Å². The highest BCUT2D eigenvalue weighted by Crippen LogP contribution is 2.40. The normalized spacial score (nSPS) is 11.3. The monoisotopic (exact) mass is 324 g/mol. The molecule has 0 aliphatic heterocycles. The molecule has 5 heteroatoms. The summed E-state index contributed by atoms with van der Waals surface area (Å²) in [6.45, 7) is 0. The van der Waals surface area contributed by atoms with Crippen LogP contribution in [0.1, 0.15) is 16.1 Å². The van der Waals surface area contributed by atoms with Gasteiger partial charge in [0.1, 0.15) is 11.3 Å². The van der Waals surface area contributed by atoms with Crippen LogP contribution < -0.4 is 0 Å². The maximum atomic E-state index is 12.8. The van der Waals surface area contributed by atoms with Crippen LogP contribution in [0.15, 0.2) is 62.7 Å². The Morgan fingerprint density at radius 1 is 1.09 bits per heavy atom. The fourth-order valence-electron chi connectivity index (χ4n) is 2.77. The zero-order valence-electron chi connectivity index (χ0n) is 12.2. The lowest BCUT2D eigenvalue weighted by atomic mass is 10.0. The number of fused-ring (bicyclic) bond motifs is 3. The maximum Gasteiger partial charge on any atom is 0.233 e. The van der Waals surface area contributed by atoms with Crippen molar-refractivity contribution in [3.63, 3.8) is 0 Å². The third kappa shape index (κ3) is 2.04. The van der Waals surface area contributed by atoms with E-state index in [1.54, 1.807) is 18.2 Å². The Labute approximate surface area is 135 Å². The fraction of sp³-hybridized carbons (Fsp3) is 0.0556. The van der Waals surface area contributed by atoms with Gasteiger partial charge >= 0.3 is 0 Å². The number of aromatic hydroxyl groups is 1. The Morgan fingerprint density at radius 3 is 2.57 bits per heavy atom. The van der Waals surface area contributed by atoms with Crippen LogP contribution in [0.2, 0.25) is 0 Å². The van der Waals surface area contributed by atoms with Crippen molar-refractivity contribution in [3.05, 3.63) is 60.1 Å². The van der Waals surface area contributed by atoms with Crippen LogP contribution in [-0.4, -0.2) is 17.1 Å². The number of hydrogen-bond donors (Lipinski definition) is 1.